The Bertz CT molecular complexity index is 972. The topological polar surface area (TPSA) is 69.6 Å². The van der Waals surface area contributed by atoms with E-state index in [2.05, 4.69) is 4.72 Å². The summed E-state index contributed by atoms with van der Waals surface area (Å²) in [6.07, 6.45) is -4.41. The average Bonchev–Trinajstić information content (AvgIpc) is 2.60. The molecule has 0 aliphatic rings. The predicted molar refractivity (Wildman–Crippen MR) is 93.5 cm³/mol. The van der Waals surface area contributed by atoms with Gasteiger partial charge in [-0.2, -0.15) is 13.2 Å². The second-order valence-corrected chi connectivity index (χ2v) is 6.25. The summed E-state index contributed by atoms with van der Waals surface area (Å²) in [5.41, 5.74) is -0.575. The van der Waals surface area contributed by atoms with E-state index in [0.717, 1.165) is 24.1 Å². The lowest BCUT2D eigenvalue weighted by molar-refractivity contribution is -0.137. The number of halogens is 3. The van der Waals surface area contributed by atoms with E-state index in [1.54, 1.807) is 24.3 Å². The van der Waals surface area contributed by atoms with Crippen LogP contribution in [0.1, 0.15) is 15.9 Å². The van der Waals surface area contributed by atoms with Gasteiger partial charge in [-0.3, -0.25) is 0 Å². The number of carbonyl (C=O) groups is 1. The third kappa shape index (κ3) is 3.55. The minimum atomic E-state index is -4.41. The van der Waals surface area contributed by atoms with Crippen LogP contribution in [0.5, 0.6) is 5.75 Å². The molecule has 26 heavy (non-hydrogen) atoms. The molecular formula is C18H12F3NO3S. The van der Waals surface area contributed by atoms with E-state index < -0.39 is 17.7 Å². The lowest BCUT2D eigenvalue weighted by Crippen LogP contribution is -2.04. The summed E-state index contributed by atoms with van der Waals surface area (Å²) in [4.78, 5) is 11.9. The van der Waals surface area contributed by atoms with Crippen LogP contribution >= 0.6 is 11.9 Å². The smallest absolute Gasteiger partial charge is 0.416 e. The van der Waals surface area contributed by atoms with Gasteiger partial charge in [0.1, 0.15) is 11.3 Å². The first-order chi connectivity index (χ1) is 12.3. The average molecular weight is 379 g/mol. The Morgan fingerprint density at radius 1 is 1.00 bits per heavy atom. The molecule has 3 aromatic carbocycles. The largest absolute Gasteiger partial charge is 0.506 e. The summed E-state index contributed by atoms with van der Waals surface area (Å²) in [6, 6.07) is 12.5. The van der Waals surface area contributed by atoms with Crippen LogP contribution in [0.25, 0.3) is 10.8 Å². The first-order valence-corrected chi connectivity index (χ1v) is 8.17. The zero-order chi connectivity index (χ0) is 18.9. The van der Waals surface area contributed by atoms with Crippen LogP contribution < -0.4 is 4.72 Å². The van der Waals surface area contributed by atoms with Crippen molar-refractivity contribution in [3.8, 4) is 5.75 Å². The van der Waals surface area contributed by atoms with E-state index >= 15 is 0 Å². The fourth-order valence-corrected chi connectivity index (χ4v) is 3.24. The number of carboxylic acids is 1. The van der Waals surface area contributed by atoms with Crippen molar-refractivity contribution in [1.82, 2.24) is 0 Å². The molecule has 0 saturated heterocycles. The number of benzene rings is 3. The lowest BCUT2D eigenvalue weighted by atomic mass is 10.1. The molecule has 3 rings (SSSR count). The van der Waals surface area contributed by atoms with Crippen LogP contribution in [-0.2, 0) is 6.18 Å². The maximum atomic E-state index is 12.6. The molecule has 0 aliphatic heterocycles. The normalized spacial score (nSPS) is 11.5. The monoisotopic (exact) mass is 379 g/mol. The minimum Gasteiger partial charge on any atom is -0.506 e. The van der Waals surface area contributed by atoms with Crippen LogP contribution in [-0.4, -0.2) is 16.2 Å². The molecule has 3 N–H and O–H groups in total. The fraction of sp³-hybridized carbons (Fsp3) is 0.0556. The zero-order valence-electron chi connectivity index (χ0n) is 13.0. The van der Waals surface area contributed by atoms with Gasteiger partial charge in [0.15, 0.2) is 0 Å². The van der Waals surface area contributed by atoms with Gasteiger partial charge in [0.05, 0.1) is 5.56 Å². The second-order valence-electron chi connectivity index (χ2n) is 5.40. The van der Waals surface area contributed by atoms with Gasteiger partial charge in [-0.1, -0.05) is 24.3 Å². The van der Waals surface area contributed by atoms with Crippen LogP contribution in [0, 0.1) is 0 Å². The number of fused-ring (bicyclic) bond motifs is 1. The van der Waals surface area contributed by atoms with Crippen molar-refractivity contribution in [2.75, 3.05) is 4.72 Å². The first kappa shape index (κ1) is 17.9. The number of alkyl halides is 3. The molecule has 0 amide bonds. The number of rotatable bonds is 4. The van der Waals surface area contributed by atoms with Crippen molar-refractivity contribution in [3.05, 3.63) is 65.7 Å². The van der Waals surface area contributed by atoms with Gasteiger partial charge >= 0.3 is 12.1 Å². The Morgan fingerprint density at radius 3 is 2.19 bits per heavy atom. The summed E-state index contributed by atoms with van der Waals surface area (Å²) in [5, 5.41) is 20.4. The molecule has 4 nitrogen and oxygen atoms in total. The Hall–Kier alpha value is -2.87. The second kappa shape index (κ2) is 6.80. The van der Waals surface area contributed by atoms with Gasteiger partial charge in [0, 0.05) is 21.4 Å². The number of nitrogens with one attached hydrogen (secondary N) is 1. The molecule has 0 fully saturated rings. The van der Waals surface area contributed by atoms with Crippen molar-refractivity contribution in [1.29, 1.82) is 0 Å². The highest BCUT2D eigenvalue weighted by atomic mass is 32.2. The van der Waals surface area contributed by atoms with E-state index in [0.29, 0.717) is 21.4 Å². The summed E-state index contributed by atoms with van der Waals surface area (Å²) < 4.78 is 40.7. The molecule has 0 bridgehead atoms. The molecule has 3 aromatic rings. The number of phenols is 1. The summed E-state index contributed by atoms with van der Waals surface area (Å²) in [5.74, 6) is -1.60. The van der Waals surface area contributed by atoms with Crippen molar-refractivity contribution in [2.45, 2.75) is 11.1 Å². The highest BCUT2D eigenvalue weighted by Gasteiger charge is 2.29. The molecular weight excluding hydrogens is 367 g/mol. The number of aromatic hydroxyl groups is 1. The van der Waals surface area contributed by atoms with Crippen LogP contribution in [0.3, 0.4) is 0 Å². The van der Waals surface area contributed by atoms with Crippen molar-refractivity contribution in [3.63, 3.8) is 0 Å². The Kier molecular flexibility index (Phi) is 4.69. The quantitative estimate of drug-likeness (QED) is 0.531. The molecule has 0 aliphatic carbocycles. The predicted octanol–water partition coefficient (Wildman–Crippen LogP) is 5.38. The lowest BCUT2D eigenvalue weighted by Gasteiger charge is -2.12. The molecule has 0 spiro atoms. The number of anilines is 1. The van der Waals surface area contributed by atoms with Crippen molar-refractivity contribution >= 4 is 34.4 Å². The third-order valence-corrected chi connectivity index (χ3v) is 4.60. The van der Waals surface area contributed by atoms with Gasteiger partial charge in [-0.15, -0.1) is 0 Å². The van der Waals surface area contributed by atoms with E-state index in [1.807, 2.05) is 0 Å². The maximum Gasteiger partial charge on any atom is 0.416 e. The van der Waals surface area contributed by atoms with E-state index in [4.69, 9.17) is 0 Å². The molecule has 0 atom stereocenters. The standard InChI is InChI=1S/C18H12F3NO3S/c19-18(20,21)10-5-7-11(8-6-10)22-26-15-9-14(17(24)25)16(23)13-4-2-1-3-12(13)15/h1-9,22-23H,(H,24,25). The fourth-order valence-electron chi connectivity index (χ4n) is 2.42. The maximum absolute atomic E-state index is 12.6. The molecule has 0 aromatic heterocycles. The molecule has 0 radical (unpaired) electrons. The first-order valence-electron chi connectivity index (χ1n) is 7.35. The van der Waals surface area contributed by atoms with Gasteiger partial charge in [0.2, 0.25) is 0 Å². The zero-order valence-corrected chi connectivity index (χ0v) is 13.9. The molecule has 0 unspecified atom stereocenters. The summed E-state index contributed by atoms with van der Waals surface area (Å²) in [6.45, 7) is 0. The summed E-state index contributed by atoms with van der Waals surface area (Å²) in [7, 11) is 0. The third-order valence-electron chi connectivity index (χ3n) is 3.70. The summed E-state index contributed by atoms with van der Waals surface area (Å²) >= 11 is 1.05. The van der Waals surface area contributed by atoms with E-state index in [-0.39, 0.29) is 11.3 Å². The van der Waals surface area contributed by atoms with Gasteiger partial charge in [-0.25, -0.2) is 4.79 Å². The van der Waals surface area contributed by atoms with Crippen LogP contribution in [0.4, 0.5) is 18.9 Å². The van der Waals surface area contributed by atoms with Gasteiger partial charge < -0.3 is 14.9 Å². The number of aromatic carboxylic acids is 1. The number of hydrogen-bond acceptors (Lipinski definition) is 4. The van der Waals surface area contributed by atoms with E-state index in [9.17, 15) is 28.2 Å². The van der Waals surface area contributed by atoms with Crippen LogP contribution in [0.15, 0.2) is 59.5 Å². The number of hydrogen-bond donors (Lipinski definition) is 3. The van der Waals surface area contributed by atoms with Crippen molar-refractivity contribution in [2.24, 2.45) is 0 Å². The Labute approximate surface area is 150 Å². The Morgan fingerprint density at radius 2 is 1.62 bits per heavy atom. The van der Waals surface area contributed by atoms with Gasteiger partial charge in [0.25, 0.3) is 0 Å². The minimum absolute atomic E-state index is 0.250. The number of carboxylic acid groups (broad SMARTS) is 1. The highest BCUT2D eigenvalue weighted by molar-refractivity contribution is 8.00. The molecule has 0 saturated carbocycles. The highest BCUT2D eigenvalue weighted by Crippen LogP contribution is 2.37. The van der Waals surface area contributed by atoms with E-state index in [1.165, 1.54) is 18.2 Å². The van der Waals surface area contributed by atoms with Gasteiger partial charge in [-0.05, 0) is 42.3 Å². The molecule has 134 valence electrons. The van der Waals surface area contributed by atoms with Crippen molar-refractivity contribution < 1.29 is 28.2 Å². The SMILES string of the molecule is O=C(O)c1cc(SNc2ccc(C(F)(F)F)cc2)c2ccccc2c1O. The molecule has 0 heterocycles. The Balaban J connectivity index is 1.91. The molecule has 8 heteroatoms. The van der Waals surface area contributed by atoms with Crippen LogP contribution in [0.2, 0.25) is 0 Å².